The molecule has 1 aromatic rings. The number of phenolic OH excluding ortho intramolecular Hbond substituents is 1. The lowest BCUT2D eigenvalue weighted by Gasteiger charge is -2.45. The van der Waals surface area contributed by atoms with Gasteiger partial charge in [0, 0.05) is 24.9 Å². The quantitative estimate of drug-likeness (QED) is 0.858. The van der Waals surface area contributed by atoms with Crippen LogP contribution in [0.5, 0.6) is 5.75 Å². The highest BCUT2D eigenvalue weighted by Gasteiger charge is 2.41. The number of nitrogens with zero attached hydrogens (tertiary/aromatic N) is 1. The Balaban J connectivity index is 0.000000847. The van der Waals surface area contributed by atoms with Gasteiger partial charge in [-0.15, -0.1) is 13.2 Å². The number of Topliss-reactive ketones (excluding diaryl/α,β-unsaturated/α-hetero) is 1. The average molecular weight is 301 g/mol. The second-order valence-corrected chi connectivity index (χ2v) is 6.44. The van der Waals surface area contributed by atoms with Gasteiger partial charge in [0.1, 0.15) is 11.5 Å². The summed E-state index contributed by atoms with van der Waals surface area (Å²) in [6.07, 6.45) is 5.73. The SMILES string of the molecule is C=C.CN(CC1CC1)C1(c2cccc(O)c2)CCC(=O)CC1. The molecular weight excluding hydrogens is 274 g/mol. The molecule has 0 saturated heterocycles. The lowest BCUT2D eigenvalue weighted by atomic mass is 9.75. The van der Waals surface area contributed by atoms with Gasteiger partial charge in [-0.25, -0.2) is 0 Å². The van der Waals surface area contributed by atoms with E-state index in [-0.39, 0.29) is 5.54 Å². The highest BCUT2D eigenvalue weighted by molar-refractivity contribution is 5.79. The van der Waals surface area contributed by atoms with Crippen LogP contribution in [-0.4, -0.2) is 29.4 Å². The van der Waals surface area contributed by atoms with Crippen LogP contribution in [0.2, 0.25) is 0 Å². The van der Waals surface area contributed by atoms with Crippen molar-refractivity contribution in [1.82, 2.24) is 4.90 Å². The van der Waals surface area contributed by atoms with Crippen molar-refractivity contribution in [3.8, 4) is 5.75 Å². The molecule has 1 N–H and O–H groups in total. The molecule has 22 heavy (non-hydrogen) atoms. The van der Waals surface area contributed by atoms with Gasteiger partial charge in [0.2, 0.25) is 0 Å². The number of phenols is 1. The molecule has 3 heteroatoms. The smallest absolute Gasteiger partial charge is 0.133 e. The zero-order chi connectivity index (χ0) is 16.2. The van der Waals surface area contributed by atoms with Crippen molar-refractivity contribution in [3.63, 3.8) is 0 Å². The van der Waals surface area contributed by atoms with Gasteiger partial charge < -0.3 is 5.11 Å². The third-order valence-corrected chi connectivity index (χ3v) is 4.98. The van der Waals surface area contributed by atoms with E-state index in [1.165, 1.54) is 12.8 Å². The van der Waals surface area contributed by atoms with E-state index in [0.29, 0.717) is 24.4 Å². The normalized spacial score (nSPS) is 20.4. The minimum Gasteiger partial charge on any atom is -0.508 e. The summed E-state index contributed by atoms with van der Waals surface area (Å²) < 4.78 is 0. The molecule has 0 aliphatic heterocycles. The summed E-state index contributed by atoms with van der Waals surface area (Å²) >= 11 is 0. The Bertz CT molecular complexity index is 512. The van der Waals surface area contributed by atoms with Gasteiger partial charge in [-0.05, 0) is 56.3 Å². The molecule has 0 spiro atoms. The molecule has 3 nitrogen and oxygen atoms in total. The van der Waals surface area contributed by atoms with Crippen molar-refractivity contribution in [2.24, 2.45) is 5.92 Å². The molecule has 0 bridgehead atoms. The Hall–Kier alpha value is -1.61. The van der Waals surface area contributed by atoms with Gasteiger partial charge in [0.15, 0.2) is 0 Å². The maximum atomic E-state index is 11.6. The third kappa shape index (κ3) is 3.58. The molecule has 0 amide bonds. The Kier molecular flexibility index (Phi) is 5.41. The largest absolute Gasteiger partial charge is 0.508 e. The lowest BCUT2D eigenvalue weighted by molar-refractivity contribution is -0.123. The van der Waals surface area contributed by atoms with E-state index >= 15 is 0 Å². The van der Waals surface area contributed by atoms with Crippen LogP contribution in [0, 0.1) is 5.92 Å². The number of hydrogen-bond donors (Lipinski definition) is 1. The van der Waals surface area contributed by atoms with Crippen molar-refractivity contribution in [2.75, 3.05) is 13.6 Å². The predicted molar refractivity (Wildman–Crippen MR) is 89.9 cm³/mol. The van der Waals surface area contributed by atoms with E-state index < -0.39 is 0 Å². The molecule has 0 unspecified atom stereocenters. The number of benzene rings is 1. The fraction of sp³-hybridized carbons (Fsp3) is 0.526. The first-order chi connectivity index (χ1) is 10.6. The fourth-order valence-electron chi connectivity index (χ4n) is 3.49. The van der Waals surface area contributed by atoms with E-state index in [1.54, 1.807) is 6.07 Å². The molecule has 0 radical (unpaired) electrons. The third-order valence-electron chi connectivity index (χ3n) is 4.98. The minimum absolute atomic E-state index is 0.0742. The van der Waals surface area contributed by atoms with Crippen LogP contribution in [0.4, 0.5) is 0 Å². The molecule has 2 fully saturated rings. The standard InChI is InChI=1S/C17H23NO2.C2H4/c1-18(12-13-5-6-13)17(9-7-15(19)8-10-17)14-3-2-4-16(20)11-14;1-2/h2-4,11,13,20H,5-10,12H2,1H3;1-2H2. The van der Waals surface area contributed by atoms with E-state index in [0.717, 1.165) is 30.9 Å². The molecule has 0 heterocycles. The van der Waals surface area contributed by atoms with Crippen molar-refractivity contribution < 1.29 is 9.90 Å². The van der Waals surface area contributed by atoms with E-state index in [4.69, 9.17) is 0 Å². The van der Waals surface area contributed by atoms with Crippen LogP contribution >= 0.6 is 0 Å². The van der Waals surface area contributed by atoms with Gasteiger partial charge in [0.25, 0.3) is 0 Å². The number of hydrogen-bond acceptors (Lipinski definition) is 3. The Morgan fingerprint density at radius 1 is 1.27 bits per heavy atom. The second-order valence-electron chi connectivity index (χ2n) is 6.44. The number of carbonyl (C=O) groups excluding carboxylic acids is 1. The van der Waals surface area contributed by atoms with Gasteiger partial charge in [-0.3, -0.25) is 9.69 Å². The molecule has 3 rings (SSSR count). The van der Waals surface area contributed by atoms with Gasteiger partial charge in [-0.2, -0.15) is 0 Å². The summed E-state index contributed by atoms with van der Waals surface area (Å²) in [5.41, 5.74) is 1.09. The van der Waals surface area contributed by atoms with Crippen molar-refractivity contribution >= 4 is 5.78 Å². The van der Waals surface area contributed by atoms with Gasteiger partial charge in [0.05, 0.1) is 0 Å². The zero-order valence-corrected chi connectivity index (χ0v) is 13.6. The first kappa shape index (κ1) is 16.8. The van der Waals surface area contributed by atoms with Gasteiger partial charge in [-0.1, -0.05) is 12.1 Å². The summed E-state index contributed by atoms with van der Waals surface area (Å²) in [6.45, 7) is 7.10. The van der Waals surface area contributed by atoms with Crippen molar-refractivity contribution in [3.05, 3.63) is 43.0 Å². The number of aromatic hydroxyl groups is 1. The van der Waals surface area contributed by atoms with E-state index in [9.17, 15) is 9.90 Å². The first-order valence-corrected chi connectivity index (χ1v) is 8.13. The Labute approximate surface area is 133 Å². The second kappa shape index (κ2) is 7.10. The molecular formula is C19H27NO2. The van der Waals surface area contributed by atoms with Crippen molar-refractivity contribution in [1.29, 1.82) is 0 Å². The Morgan fingerprint density at radius 3 is 2.45 bits per heavy atom. The highest BCUT2D eigenvalue weighted by atomic mass is 16.3. The molecule has 0 aromatic heterocycles. The number of rotatable bonds is 4. The van der Waals surface area contributed by atoms with Crippen LogP contribution < -0.4 is 0 Å². The summed E-state index contributed by atoms with van der Waals surface area (Å²) in [4.78, 5) is 14.1. The molecule has 2 saturated carbocycles. The minimum atomic E-state index is -0.0742. The number of carbonyl (C=O) groups is 1. The summed E-state index contributed by atoms with van der Waals surface area (Å²) in [7, 11) is 2.18. The maximum absolute atomic E-state index is 11.6. The highest BCUT2D eigenvalue weighted by Crippen LogP contribution is 2.43. The monoisotopic (exact) mass is 301 g/mol. The summed E-state index contributed by atoms with van der Waals surface area (Å²) in [5, 5.41) is 9.80. The summed E-state index contributed by atoms with van der Waals surface area (Å²) in [6, 6.07) is 7.60. The zero-order valence-electron chi connectivity index (χ0n) is 13.6. The van der Waals surface area contributed by atoms with Crippen LogP contribution in [0.25, 0.3) is 0 Å². The fourth-order valence-corrected chi connectivity index (χ4v) is 3.49. The summed E-state index contributed by atoms with van der Waals surface area (Å²) in [5.74, 6) is 1.52. The molecule has 120 valence electrons. The van der Waals surface area contributed by atoms with Crippen LogP contribution in [-0.2, 0) is 10.3 Å². The molecule has 2 aliphatic carbocycles. The van der Waals surface area contributed by atoms with Gasteiger partial charge >= 0.3 is 0 Å². The number of ketones is 1. The average Bonchev–Trinajstić information content (AvgIpc) is 3.34. The molecule has 1 aromatic carbocycles. The van der Waals surface area contributed by atoms with Crippen LogP contribution in [0.15, 0.2) is 37.4 Å². The van der Waals surface area contributed by atoms with Crippen molar-refractivity contribution in [2.45, 2.75) is 44.1 Å². The first-order valence-electron chi connectivity index (χ1n) is 8.13. The van der Waals surface area contributed by atoms with Crippen LogP contribution in [0.1, 0.15) is 44.1 Å². The topological polar surface area (TPSA) is 40.5 Å². The lowest BCUT2D eigenvalue weighted by Crippen LogP contribution is -2.47. The van der Waals surface area contributed by atoms with E-state index in [2.05, 4.69) is 31.2 Å². The van der Waals surface area contributed by atoms with E-state index in [1.807, 2.05) is 12.1 Å². The van der Waals surface area contributed by atoms with Crippen LogP contribution in [0.3, 0.4) is 0 Å². The predicted octanol–water partition coefficient (Wildman–Crippen LogP) is 3.87. The Morgan fingerprint density at radius 2 is 1.91 bits per heavy atom. The maximum Gasteiger partial charge on any atom is 0.133 e. The molecule has 2 aliphatic rings. The molecule has 0 atom stereocenters.